The third-order valence-corrected chi connectivity index (χ3v) is 7.62. The van der Waals surface area contributed by atoms with E-state index in [4.69, 9.17) is 0 Å². The Bertz CT molecular complexity index is 1150. The Balaban J connectivity index is 1.83. The van der Waals surface area contributed by atoms with Gasteiger partial charge in [-0.3, -0.25) is 4.79 Å². The third kappa shape index (κ3) is 3.81. The quantitative estimate of drug-likeness (QED) is 0.619. The molecule has 0 aromatic heterocycles. The Labute approximate surface area is 171 Å². The van der Waals surface area contributed by atoms with Gasteiger partial charge in [0, 0.05) is 5.92 Å². The summed E-state index contributed by atoms with van der Waals surface area (Å²) >= 11 is 0. The molecule has 0 unspecified atom stereocenters. The minimum Gasteiger partial charge on any atom is -0.293 e. The van der Waals surface area contributed by atoms with Crippen molar-refractivity contribution in [2.75, 3.05) is 0 Å². The lowest BCUT2D eigenvalue weighted by atomic mass is 9.80. The van der Waals surface area contributed by atoms with Crippen molar-refractivity contribution in [1.82, 2.24) is 0 Å². The van der Waals surface area contributed by atoms with Gasteiger partial charge in [0.05, 0.1) is 4.90 Å². The summed E-state index contributed by atoms with van der Waals surface area (Å²) < 4.78 is 27.0. The van der Waals surface area contributed by atoms with E-state index in [1.54, 1.807) is 24.3 Å². The van der Waals surface area contributed by atoms with E-state index >= 15 is 0 Å². The van der Waals surface area contributed by atoms with Crippen molar-refractivity contribution < 1.29 is 13.2 Å². The van der Waals surface area contributed by atoms with Crippen LogP contribution in [-0.2, 0) is 14.6 Å². The number of carbonyl (C=O) groups excluding carboxylic acids is 1. The standard InChI is InChI=1S/C25H22O3S/c1-18-12-14-22(15-13-18)29(27,28)25-23(20-10-6-3-7-11-20)16-21(17-24(25)26)19-8-4-2-5-9-19/h2-15,17,23,25H,16H2,1H3/t23-,25-/m0/s1. The molecule has 3 aromatic rings. The molecule has 0 bridgehead atoms. The Kier molecular flexibility index (Phi) is 5.20. The molecule has 0 saturated carbocycles. The molecular weight excluding hydrogens is 380 g/mol. The maximum Gasteiger partial charge on any atom is 0.189 e. The zero-order chi connectivity index (χ0) is 20.4. The van der Waals surface area contributed by atoms with Gasteiger partial charge in [-0.1, -0.05) is 78.4 Å². The number of rotatable bonds is 4. The molecule has 0 aliphatic heterocycles. The van der Waals surface area contributed by atoms with Crippen LogP contribution in [0.1, 0.15) is 29.0 Å². The summed E-state index contributed by atoms with van der Waals surface area (Å²) in [6.45, 7) is 1.91. The fraction of sp³-hybridized carbons (Fsp3) is 0.160. The molecule has 29 heavy (non-hydrogen) atoms. The van der Waals surface area contributed by atoms with Gasteiger partial charge in [-0.05, 0) is 48.3 Å². The monoisotopic (exact) mass is 402 g/mol. The molecule has 3 nitrogen and oxygen atoms in total. The topological polar surface area (TPSA) is 51.2 Å². The molecule has 0 saturated heterocycles. The van der Waals surface area contributed by atoms with Crippen molar-refractivity contribution in [2.45, 2.75) is 29.4 Å². The molecule has 0 fully saturated rings. The number of carbonyl (C=O) groups is 1. The minimum absolute atomic E-state index is 0.193. The summed E-state index contributed by atoms with van der Waals surface area (Å²) in [4.78, 5) is 13.4. The highest BCUT2D eigenvalue weighted by Crippen LogP contribution is 2.40. The fourth-order valence-corrected chi connectivity index (χ4v) is 5.81. The lowest BCUT2D eigenvalue weighted by Gasteiger charge is -2.30. The average Bonchev–Trinajstić information content (AvgIpc) is 2.74. The number of benzene rings is 3. The van der Waals surface area contributed by atoms with E-state index in [2.05, 4.69) is 0 Å². The van der Waals surface area contributed by atoms with Crippen LogP contribution in [0.4, 0.5) is 0 Å². The van der Waals surface area contributed by atoms with Gasteiger partial charge in [0.1, 0.15) is 5.25 Å². The van der Waals surface area contributed by atoms with Gasteiger partial charge in [-0.15, -0.1) is 0 Å². The second kappa shape index (κ2) is 7.80. The normalized spacial score (nSPS) is 19.6. The average molecular weight is 403 g/mol. The van der Waals surface area contributed by atoms with Crippen LogP contribution in [0.2, 0.25) is 0 Å². The molecule has 4 rings (SSSR count). The van der Waals surface area contributed by atoms with Gasteiger partial charge in [-0.2, -0.15) is 0 Å². The second-order valence-corrected chi connectivity index (χ2v) is 9.51. The molecule has 1 aliphatic carbocycles. The first-order valence-electron chi connectivity index (χ1n) is 9.62. The number of aryl methyl sites for hydroxylation is 1. The number of allylic oxidation sites excluding steroid dienone is 2. The van der Waals surface area contributed by atoms with E-state index in [9.17, 15) is 13.2 Å². The molecule has 2 atom stereocenters. The van der Waals surface area contributed by atoms with Crippen LogP contribution in [0.15, 0.2) is 95.9 Å². The molecule has 0 N–H and O–H groups in total. The van der Waals surface area contributed by atoms with Crippen molar-refractivity contribution in [3.63, 3.8) is 0 Å². The Hall–Kier alpha value is -2.98. The van der Waals surface area contributed by atoms with Crippen molar-refractivity contribution >= 4 is 21.2 Å². The van der Waals surface area contributed by atoms with Crippen LogP contribution in [0.25, 0.3) is 5.57 Å². The molecule has 1 aliphatic rings. The van der Waals surface area contributed by atoms with E-state index in [0.717, 1.165) is 22.3 Å². The Morgan fingerprint density at radius 1 is 0.793 bits per heavy atom. The molecule has 0 radical (unpaired) electrons. The lowest BCUT2D eigenvalue weighted by molar-refractivity contribution is -0.114. The zero-order valence-electron chi connectivity index (χ0n) is 16.2. The second-order valence-electron chi connectivity index (χ2n) is 7.44. The van der Waals surface area contributed by atoms with Crippen molar-refractivity contribution in [2.24, 2.45) is 0 Å². The first kappa shape index (κ1) is 19.3. The first-order valence-corrected chi connectivity index (χ1v) is 11.2. The summed E-state index contributed by atoms with van der Waals surface area (Å²) in [5.41, 5.74) is 3.67. The van der Waals surface area contributed by atoms with Gasteiger partial charge in [0.15, 0.2) is 15.6 Å². The highest BCUT2D eigenvalue weighted by Gasteiger charge is 2.43. The van der Waals surface area contributed by atoms with E-state index in [1.165, 1.54) is 6.08 Å². The number of hydrogen-bond donors (Lipinski definition) is 0. The molecule has 4 heteroatoms. The van der Waals surface area contributed by atoms with Gasteiger partial charge in [0.25, 0.3) is 0 Å². The van der Waals surface area contributed by atoms with Crippen LogP contribution >= 0.6 is 0 Å². The highest BCUT2D eigenvalue weighted by molar-refractivity contribution is 7.93. The smallest absolute Gasteiger partial charge is 0.189 e. The minimum atomic E-state index is -3.83. The molecular formula is C25H22O3S. The van der Waals surface area contributed by atoms with Crippen LogP contribution < -0.4 is 0 Å². The third-order valence-electron chi connectivity index (χ3n) is 5.46. The summed E-state index contributed by atoms with van der Waals surface area (Å²) in [5, 5.41) is -1.12. The molecule has 3 aromatic carbocycles. The molecule has 0 amide bonds. The van der Waals surface area contributed by atoms with Crippen molar-refractivity contribution in [3.05, 3.63) is 108 Å². The van der Waals surface area contributed by atoms with Gasteiger partial charge in [-0.25, -0.2) is 8.42 Å². The maximum absolute atomic E-state index is 13.5. The molecule has 0 spiro atoms. The summed E-state index contributed by atoms with van der Waals surface area (Å²) in [7, 11) is -3.83. The van der Waals surface area contributed by atoms with Crippen LogP contribution in [0.3, 0.4) is 0 Å². The van der Waals surface area contributed by atoms with E-state index < -0.39 is 21.0 Å². The first-order chi connectivity index (χ1) is 14.0. The number of sulfone groups is 1. The summed E-state index contributed by atoms with van der Waals surface area (Å²) in [5.74, 6) is -0.792. The van der Waals surface area contributed by atoms with Gasteiger partial charge in [0.2, 0.25) is 0 Å². The fourth-order valence-electron chi connectivity index (χ4n) is 3.95. The van der Waals surface area contributed by atoms with Gasteiger partial charge >= 0.3 is 0 Å². The van der Waals surface area contributed by atoms with Crippen molar-refractivity contribution in [1.29, 1.82) is 0 Å². The van der Waals surface area contributed by atoms with Crippen LogP contribution in [0.5, 0.6) is 0 Å². The SMILES string of the molecule is Cc1ccc(S(=O)(=O)[C@@H]2C(=O)C=C(c3ccccc3)C[C@H]2c2ccccc2)cc1. The molecule has 146 valence electrons. The number of hydrogen-bond acceptors (Lipinski definition) is 3. The zero-order valence-corrected chi connectivity index (χ0v) is 17.0. The Morgan fingerprint density at radius 3 is 2.00 bits per heavy atom. The molecule has 0 heterocycles. The largest absolute Gasteiger partial charge is 0.293 e. The van der Waals surface area contributed by atoms with Crippen LogP contribution in [-0.4, -0.2) is 19.5 Å². The maximum atomic E-state index is 13.5. The van der Waals surface area contributed by atoms with E-state index in [-0.39, 0.29) is 10.7 Å². The number of ketones is 1. The van der Waals surface area contributed by atoms with E-state index in [1.807, 2.05) is 67.6 Å². The van der Waals surface area contributed by atoms with E-state index in [0.29, 0.717) is 6.42 Å². The summed E-state index contributed by atoms with van der Waals surface area (Å²) in [6.07, 6.45) is 2.01. The van der Waals surface area contributed by atoms with Crippen LogP contribution in [0, 0.1) is 6.92 Å². The predicted octanol–water partition coefficient (Wildman–Crippen LogP) is 4.98. The summed E-state index contributed by atoms with van der Waals surface area (Å²) in [6, 6.07) is 25.9. The van der Waals surface area contributed by atoms with Gasteiger partial charge < -0.3 is 0 Å². The highest BCUT2D eigenvalue weighted by atomic mass is 32.2. The Morgan fingerprint density at radius 2 is 1.38 bits per heavy atom. The predicted molar refractivity (Wildman–Crippen MR) is 115 cm³/mol. The van der Waals surface area contributed by atoms with Crippen molar-refractivity contribution in [3.8, 4) is 0 Å². The lowest BCUT2D eigenvalue weighted by Crippen LogP contribution is -2.38.